The summed E-state index contributed by atoms with van der Waals surface area (Å²) in [5.74, 6) is 1.57. The summed E-state index contributed by atoms with van der Waals surface area (Å²) in [7, 11) is 0. The molecule has 5 heteroatoms. The van der Waals surface area contributed by atoms with Gasteiger partial charge in [-0.2, -0.15) is 0 Å². The first kappa shape index (κ1) is 14.1. The van der Waals surface area contributed by atoms with Crippen LogP contribution in [0.15, 0.2) is 24.3 Å². The van der Waals surface area contributed by atoms with E-state index >= 15 is 0 Å². The Morgan fingerprint density at radius 3 is 2.81 bits per heavy atom. The van der Waals surface area contributed by atoms with Crippen molar-refractivity contribution in [3.8, 4) is 0 Å². The maximum atomic E-state index is 12.1. The number of imidazole rings is 1. The van der Waals surface area contributed by atoms with Crippen molar-refractivity contribution in [1.29, 1.82) is 0 Å². The molecule has 1 aliphatic heterocycles. The van der Waals surface area contributed by atoms with E-state index in [1.54, 1.807) is 0 Å². The minimum Gasteiger partial charge on any atom is -0.342 e. The Labute approximate surface area is 124 Å². The normalized spacial score (nSPS) is 18.1. The number of piperidine rings is 1. The van der Waals surface area contributed by atoms with Crippen LogP contribution in [0.5, 0.6) is 0 Å². The van der Waals surface area contributed by atoms with Gasteiger partial charge in [-0.25, -0.2) is 4.98 Å². The van der Waals surface area contributed by atoms with Crippen molar-refractivity contribution in [3.63, 3.8) is 0 Å². The largest absolute Gasteiger partial charge is 0.342 e. The van der Waals surface area contributed by atoms with Crippen molar-refractivity contribution in [2.75, 3.05) is 19.6 Å². The van der Waals surface area contributed by atoms with Gasteiger partial charge in [-0.1, -0.05) is 19.1 Å². The molecule has 1 unspecified atom stereocenters. The zero-order valence-electron chi connectivity index (χ0n) is 12.4. The number of fused-ring (bicyclic) bond motifs is 1. The van der Waals surface area contributed by atoms with Crippen LogP contribution in [0.4, 0.5) is 0 Å². The molecular weight excluding hydrogens is 264 g/mol. The molecule has 1 atom stereocenters. The highest BCUT2D eigenvalue weighted by Gasteiger charge is 2.27. The molecule has 1 aliphatic rings. The summed E-state index contributed by atoms with van der Waals surface area (Å²) in [5, 5.41) is 0. The van der Waals surface area contributed by atoms with E-state index in [0.29, 0.717) is 12.5 Å². The zero-order chi connectivity index (χ0) is 14.8. The fourth-order valence-corrected chi connectivity index (χ4v) is 2.95. The molecule has 5 nitrogen and oxygen atoms in total. The Hall–Kier alpha value is -1.88. The number of hydrogen-bond donors (Lipinski definition) is 2. The van der Waals surface area contributed by atoms with Crippen LogP contribution in [0.1, 0.15) is 31.5 Å². The van der Waals surface area contributed by atoms with Crippen LogP contribution in [0.25, 0.3) is 11.0 Å². The molecule has 3 N–H and O–H groups in total. The molecule has 0 spiro atoms. The van der Waals surface area contributed by atoms with Gasteiger partial charge >= 0.3 is 0 Å². The van der Waals surface area contributed by atoms with E-state index in [1.807, 2.05) is 36.1 Å². The molecule has 1 aromatic carbocycles. The summed E-state index contributed by atoms with van der Waals surface area (Å²) in [6.07, 6.45) is 1.92. The molecule has 0 radical (unpaired) electrons. The van der Waals surface area contributed by atoms with Crippen LogP contribution >= 0.6 is 0 Å². The first-order valence-corrected chi connectivity index (χ1v) is 7.62. The van der Waals surface area contributed by atoms with Gasteiger partial charge in [-0.15, -0.1) is 0 Å². The number of aromatic nitrogens is 2. The van der Waals surface area contributed by atoms with E-state index in [9.17, 15) is 4.79 Å². The lowest BCUT2D eigenvalue weighted by atomic mass is 9.95. The predicted octanol–water partition coefficient (Wildman–Crippen LogP) is 1.86. The van der Waals surface area contributed by atoms with Crippen LogP contribution in [0.2, 0.25) is 0 Å². The number of carbonyl (C=O) groups excluding carboxylic acids is 1. The highest BCUT2D eigenvalue weighted by Crippen LogP contribution is 2.28. The minimum absolute atomic E-state index is 0.0762. The number of aromatic amines is 1. The molecule has 1 amide bonds. The summed E-state index contributed by atoms with van der Waals surface area (Å²) >= 11 is 0. The van der Waals surface area contributed by atoms with Crippen LogP contribution in [0, 0.1) is 5.92 Å². The van der Waals surface area contributed by atoms with Gasteiger partial charge in [0.25, 0.3) is 0 Å². The van der Waals surface area contributed by atoms with Crippen molar-refractivity contribution in [2.45, 2.75) is 25.7 Å². The van der Waals surface area contributed by atoms with E-state index < -0.39 is 0 Å². The van der Waals surface area contributed by atoms with Gasteiger partial charge in [-0.3, -0.25) is 4.79 Å². The highest BCUT2D eigenvalue weighted by molar-refractivity contribution is 5.79. The summed E-state index contributed by atoms with van der Waals surface area (Å²) in [4.78, 5) is 22.2. The van der Waals surface area contributed by atoms with Crippen molar-refractivity contribution < 1.29 is 4.79 Å². The number of nitrogens with zero attached hydrogens (tertiary/aromatic N) is 2. The molecule has 0 bridgehead atoms. The number of amides is 1. The number of hydrogen-bond acceptors (Lipinski definition) is 3. The Bertz CT molecular complexity index is 595. The van der Waals surface area contributed by atoms with Gasteiger partial charge in [0.1, 0.15) is 5.82 Å². The second-order valence-electron chi connectivity index (χ2n) is 5.88. The second-order valence-corrected chi connectivity index (χ2v) is 5.88. The molecule has 2 heterocycles. The lowest BCUT2D eigenvalue weighted by Crippen LogP contribution is -2.42. The topological polar surface area (TPSA) is 75.0 Å². The lowest BCUT2D eigenvalue weighted by molar-refractivity contribution is -0.135. The molecule has 2 aromatic rings. The van der Waals surface area contributed by atoms with Gasteiger partial charge in [0.2, 0.25) is 5.91 Å². The summed E-state index contributed by atoms with van der Waals surface area (Å²) in [6.45, 7) is 3.91. The van der Waals surface area contributed by atoms with E-state index in [-0.39, 0.29) is 11.8 Å². The quantitative estimate of drug-likeness (QED) is 0.904. The SMILES string of the molecule is CC(CN)C(=O)N1CCC(c2nc3ccccc3[nH]2)CC1. The number of benzene rings is 1. The number of rotatable bonds is 3. The standard InChI is InChI=1S/C16H22N4O/c1-11(10-17)16(21)20-8-6-12(7-9-20)15-18-13-4-2-3-5-14(13)19-15/h2-5,11-12H,6-10,17H2,1H3,(H,18,19). The molecule has 21 heavy (non-hydrogen) atoms. The number of para-hydroxylation sites is 2. The van der Waals surface area contributed by atoms with E-state index in [1.165, 1.54) is 0 Å². The molecule has 0 aliphatic carbocycles. The molecular formula is C16H22N4O. The van der Waals surface area contributed by atoms with Crippen molar-refractivity contribution >= 4 is 16.9 Å². The first-order valence-electron chi connectivity index (χ1n) is 7.62. The number of carbonyl (C=O) groups is 1. The number of H-pyrrole nitrogens is 1. The van der Waals surface area contributed by atoms with Gasteiger partial charge in [-0.05, 0) is 25.0 Å². The van der Waals surface area contributed by atoms with E-state index in [4.69, 9.17) is 5.73 Å². The van der Waals surface area contributed by atoms with Gasteiger partial charge < -0.3 is 15.6 Å². The fourth-order valence-electron chi connectivity index (χ4n) is 2.95. The maximum Gasteiger partial charge on any atom is 0.226 e. The Morgan fingerprint density at radius 2 is 2.14 bits per heavy atom. The van der Waals surface area contributed by atoms with Crippen molar-refractivity contribution in [3.05, 3.63) is 30.1 Å². The van der Waals surface area contributed by atoms with Crippen LogP contribution in [0.3, 0.4) is 0 Å². The highest BCUT2D eigenvalue weighted by atomic mass is 16.2. The predicted molar refractivity (Wildman–Crippen MR) is 82.9 cm³/mol. The second kappa shape index (κ2) is 5.85. The number of likely N-dealkylation sites (tertiary alicyclic amines) is 1. The third-order valence-corrected chi connectivity index (χ3v) is 4.38. The van der Waals surface area contributed by atoms with Gasteiger partial charge in [0.15, 0.2) is 0 Å². The molecule has 3 rings (SSSR count). The van der Waals surface area contributed by atoms with Crippen LogP contribution in [-0.4, -0.2) is 40.4 Å². The summed E-state index contributed by atoms with van der Waals surface area (Å²) < 4.78 is 0. The maximum absolute atomic E-state index is 12.1. The summed E-state index contributed by atoms with van der Waals surface area (Å²) in [5.41, 5.74) is 7.68. The smallest absolute Gasteiger partial charge is 0.226 e. The van der Waals surface area contributed by atoms with Crippen LogP contribution < -0.4 is 5.73 Å². The third-order valence-electron chi connectivity index (χ3n) is 4.38. The summed E-state index contributed by atoms with van der Waals surface area (Å²) in [6, 6.07) is 8.09. The molecule has 1 fully saturated rings. The monoisotopic (exact) mass is 286 g/mol. The van der Waals surface area contributed by atoms with E-state index in [0.717, 1.165) is 42.8 Å². The molecule has 1 aromatic heterocycles. The molecule has 0 saturated carbocycles. The van der Waals surface area contributed by atoms with E-state index in [2.05, 4.69) is 9.97 Å². The first-order chi connectivity index (χ1) is 10.2. The third kappa shape index (κ3) is 2.78. The van der Waals surface area contributed by atoms with Crippen LogP contribution in [-0.2, 0) is 4.79 Å². The average molecular weight is 286 g/mol. The molecule has 1 saturated heterocycles. The van der Waals surface area contributed by atoms with Gasteiger partial charge in [0.05, 0.1) is 11.0 Å². The zero-order valence-corrected chi connectivity index (χ0v) is 12.4. The molecule has 112 valence electrons. The number of nitrogens with one attached hydrogen (secondary N) is 1. The Morgan fingerprint density at radius 1 is 1.43 bits per heavy atom. The Kier molecular flexibility index (Phi) is 3.92. The number of nitrogens with two attached hydrogens (primary N) is 1. The fraction of sp³-hybridized carbons (Fsp3) is 0.500. The van der Waals surface area contributed by atoms with Gasteiger partial charge in [0, 0.05) is 31.5 Å². The van der Waals surface area contributed by atoms with Crippen molar-refractivity contribution in [1.82, 2.24) is 14.9 Å². The average Bonchev–Trinajstić information content (AvgIpc) is 2.97. The minimum atomic E-state index is -0.0762. The lowest BCUT2D eigenvalue weighted by Gasteiger charge is -2.32. The van der Waals surface area contributed by atoms with Crippen molar-refractivity contribution in [2.24, 2.45) is 11.7 Å². The Balaban J connectivity index is 1.67.